The number of amides is 2. The van der Waals surface area contributed by atoms with Crippen LogP contribution in [0, 0.1) is 0 Å². The third-order valence-electron chi connectivity index (χ3n) is 6.09. The maximum atomic E-state index is 13.3. The highest BCUT2D eigenvalue weighted by atomic mass is 16.6. The van der Waals surface area contributed by atoms with Gasteiger partial charge in [-0.05, 0) is 48.7 Å². The number of imide groups is 1. The minimum absolute atomic E-state index is 0.0647. The molecule has 1 heterocycles. The number of likely N-dealkylation sites (tertiary alicyclic amines) is 1. The lowest BCUT2D eigenvalue weighted by Gasteiger charge is -2.23. The van der Waals surface area contributed by atoms with Gasteiger partial charge in [-0.15, -0.1) is 0 Å². The molecular weight excluding hydrogens is 474 g/mol. The van der Waals surface area contributed by atoms with E-state index in [-0.39, 0.29) is 42.4 Å². The van der Waals surface area contributed by atoms with Crippen LogP contribution in [0.1, 0.15) is 52.0 Å². The number of hydrogen-bond acceptors (Lipinski definition) is 7. The molecule has 4 rings (SSSR count). The highest BCUT2D eigenvalue weighted by Crippen LogP contribution is 2.31. The second-order valence-electron chi connectivity index (χ2n) is 8.57. The van der Waals surface area contributed by atoms with Crippen LogP contribution in [0.25, 0.3) is 0 Å². The van der Waals surface area contributed by atoms with E-state index in [4.69, 9.17) is 14.2 Å². The van der Waals surface area contributed by atoms with E-state index in [0.29, 0.717) is 18.4 Å². The molecule has 190 valence electrons. The first-order valence-electron chi connectivity index (χ1n) is 12.0. The molecule has 3 aromatic carbocycles. The van der Waals surface area contributed by atoms with Gasteiger partial charge in [-0.25, -0.2) is 4.79 Å². The molecule has 0 saturated carbocycles. The molecule has 1 unspecified atom stereocenters. The Morgan fingerprint density at radius 2 is 1.59 bits per heavy atom. The Morgan fingerprint density at radius 3 is 2.30 bits per heavy atom. The zero-order valence-electron chi connectivity index (χ0n) is 20.4. The molecule has 1 aliphatic heterocycles. The zero-order valence-corrected chi connectivity index (χ0v) is 20.4. The molecule has 1 fully saturated rings. The van der Waals surface area contributed by atoms with E-state index < -0.39 is 23.9 Å². The Bertz CT molecular complexity index is 1270. The number of ether oxygens (including phenoxy) is 3. The second kappa shape index (κ2) is 12.0. The third kappa shape index (κ3) is 6.41. The fourth-order valence-corrected chi connectivity index (χ4v) is 4.15. The zero-order chi connectivity index (χ0) is 26.2. The van der Waals surface area contributed by atoms with Gasteiger partial charge < -0.3 is 14.2 Å². The van der Waals surface area contributed by atoms with Crippen LogP contribution in [0.5, 0.6) is 11.5 Å². The molecule has 0 bridgehead atoms. The molecule has 0 aromatic heterocycles. The van der Waals surface area contributed by atoms with Crippen LogP contribution in [0.15, 0.2) is 78.9 Å². The number of rotatable bonds is 9. The quantitative estimate of drug-likeness (QED) is 0.241. The number of carbonyl (C=O) groups excluding carboxylic acids is 4. The lowest BCUT2D eigenvalue weighted by Crippen LogP contribution is -2.39. The molecule has 8 heteroatoms. The van der Waals surface area contributed by atoms with E-state index in [1.165, 1.54) is 30.2 Å². The molecule has 0 spiro atoms. The summed E-state index contributed by atoms with van der Waals surface area (Å²) in [6, 6.07) is 21.8. The van der Waals surface area contributed by atoms with Crippen molar-refractivity contribution in [2.45, 2.75) is 38.3 Å². The van der Waals surface area contributed by atoms with Crippen molar-refractivity contribution >= 4 is 23.8 Å². The molecule has 0 aliphatic carbocycles. The smallest absolute Gasteiger partial charge is 0.343 e. The Kier molecular flexibility index (Phi) is 8.30. The van der Waals surface area contributed by atoms with E-state index in [1.807, 2.05) is 30.3 Å². The first-order valence-corrected chi connectivity index (χ1v) is 12.0. The monoisotopic (exact) mass is 501 g/mol. The maximum Gasteiger partial charge on any atom is 0.343 e. The summed E-state index contributed by atoms with van der Waals surface area (Å²) in [7, 11) is 1.42. The van der Waals surface area contributed by atoms with Crippen molar-refractivity contribution in [3.05, 3.63) is 95.6 Å². The molecule has 37 heavy (non-hydrogen) atoms. The summed E-state index contributed by atoms with van der Waals surface area (Å²) < 4.78 is 16.1. The van der Waals surface area contributed by atoms with E-state index >= 15 is 0 Å². The van der Waals surface area contributed by atoms with Gasteiger partial charge >= 0.3 is 11.9 Å². The van der Waals surface area contributed by atoms with Crippen molar-refractivity contribution in [2.24, 2.45) is 0 Å². The van der Waals surface area contributed by atoms with Gasteiger partial charge in [-0.1, -0.05) is 48.5 Å². The fourth-order valence-electron chi connectivity index (χ4n) is 4.15. The van der Waals surface area contributed by atoms with E-state index in [2.05, 4.69) is 0 Å². The number of benzene rings is 3. The van der Waals surface area contributed by atoms with Crippen molar-refractivity contribution in [1.82, 2.24) is 4.90 Å². The van der Waals surface area contributed by atoms with Gasteiger partial charge in [0, 0.05) is 24.4 Å². The summed E-state index contributed by atoms with van der Waals surface area (Å²) in [4.78, 5) is 51.9. The molecule has 0 N–H and O–H groups in total. The topological polar surface area (TPSA) is 99.2 Å². The molecular formula is C29H27NO7. The van der Waals surface area contributed by atoms with E-state index in [1.54, 1.807) is 30.3 Å². The molecule has 3 aromatic rings. The molecule has 2 amide bonds. The Hall–Kier alpha value is -4.46. The van der Waals surface area contributed by atoms with Crippen LogP contribution in [0.4, 0.5) is 0 Å². The first kappa shape index (κ1) is 25.6. The van der Waals surface area contributed by atoms with E-state index in [0.717, 1.165) is 5.56 Å². The number of nitrogens with zero attached hydrogens (tertiary/aromatic N) is 1. The van der Waals surface area contributed by atoms with Gasteiger partial charge in [0.2, 0.25) is 5.91 Å². The van der Waals surface area contributed by atoms with Crippen LogP contribution in [0.3, 0.4) is 0 Å². The Labute approximate surface area is 214 Å². The third-order valence-corrected chi connectivity index (χ3v) is 6.09. The van der Waals surface area contributed by atoms with Crippen molar-refractivity contribution in [3.8, 4) is 11.5 Å². The largest absolute Gasteiger partial charge is 0.493 e. The number of methoxy groups -OCH3 is 1. The molecule has 1 aliphatic rings. The van der Waals surface area contributed by atoms with Gasteiger partial charge in [0.25, 0.3) is 5.91 Å². The summed E-state index contributed by atoms with van der Waals surface area (Å²) in [5, 5.41) is 0. The average molecular weight is 502 g/mol. The lowest BCUT2D eigenvalue weighted by atomic mass is 10.1. The van der Waals surface area contributed by atoms with Crippen LogP contribution >= 0.6 is 0 Å². The van der Waals surface area contributed by atoms with Crippen LogP contribution in [0.2, 0.25) is 0 Å². The minimum atomic E-state index is -0.604. The molecule has 0 radical (unpaired) electrons. The normalized spacial score (nSPS) is 14.8. The second-order valence-corrected chi connectivity index (χ2v) is 8.57. The number of carbonyl (C=O) groups is 4. The van der Waals surface area contributed by atoms with Crippen LogP contribution in [-0.2, 0) is 20.9 Å². The number of hydrogen-bond donors (Lipinski definition) is 0. The minimum Gasteiger partial charge on any atom is -0.493 e. The predicted octanol–water partition coefficient (Wildman–Crippen LogP) is 4.57. The van der Waals surface area contributed by atoms with Crippen molar-refractivity contribution < 1.29 is 33.4 Å². The molecule has 8 nitrogen and oxygen atoms in total. The van der Waals surface area contributed by atoms with Gasteiger partial charge in [0.1, 0.15) is 6.61 Å². The van der Waals surface area contributed by atoms with Crippen molar-refractivity contribution in [1.29, 1.82) is 0 Å². The van der Waals surface area contributed by atoms with E-state index in [9.17, 15) is 19.2 Å². The summed E-state index contributed by atoms with van der Waals surface area (Å²) in [6.45, 7) is 0.169. The van der Waals surface area contributed by atoms with Gasteiger partial charge in [0.05, 0.1) is 12.7 Å². The van der Waals surface area contributed by atoms with Crippen molar-refractivity contribution in [3.63, 3.8) is 0 Å². The number of esters is 2. The standard InChI is InChI=1S/C29H27NO7/c1-35-24-15-12-22(18-25(24)37-29(34)21-10-6-3-7-11-21)28(33)30-23(13-16-26(30)31)14-17-27(32)36-19-20-8-4-2-5-9-20/h2-12,15,18,23H,13-14,16-17,19H2,1H3. The SMILES string of the molecule is COc1ccc(C(=O)N2C(=O)CCC2CCC(=O)OCc2ccccc2)cc1OC(=O)c1ccccc1. The van der Waals surface area contributed by atoms with Crippen LogP contribution in [-0.4, -0.2) is 41.8 Å². The lowest BCUT2D eigenvalue weighted by molar-refractivity contribution is -0.145. The Morgan fingerprint density at radius 1 is 0.892 bits per heavy atom. The highest BCUT2D eigenvalue weighted by molar-refractivity contribution is 6.06. The molecule has 1 saturated heterocycles. The Balaban J connectivity index is 1.42. The first-order chi connectivity index (χ1) is 18.0. The van der Waals surface area contributed by atoms with Crippen molar-refractivity contribution in [2.75, 3.05) is 7.11 Å². The summed E-state index contributed by atoms with van der Waals surface area (Å²) in [5.41, 5.74) is 1.39. The van der Waals surface area contributed by atoms with Crippen LogP contribution < -0.4 is 9.47 Å². The van der Waals surface area contributed by atoms with Gasteiger partial charge in [-0.3, -0.25) is 19.3 Å². The summed E-state index contributed by atoms with van der Waals surface area (Å²) in [5.74, 6) is -1.50. The predicted molar refractivity (Wildman–Crippen MR) is 134 cm³/mol. The summed E-state index contributed by atoms with van der Waals surface area (Å²) >= 11 is 0. The van der Waals surface area contributed by atoms with Gasteiger partial charge in [-0.2, -0.15) is 0 Å². The highest BCUT2D eigenvalue weighted by Gasteiger charge is 2.36. The maximum absolute atomic E-state index is 13.3. The average Bonchev–Trinajstić information content (AvgIpc) is 3.31. The fraction of sp³-hybridized carbons (Fsp3) is 0.241. The van der Waals surface area contributed by atoms with Gasteiger partial charge in [0.15, 0.2) is 11.5 Å². The summed E-state index contributed by atoms with van der Waals surface area (Å²) in [6.07, 6.45) is 1.05. The molecule has 1 atom stereocenters.